The quantitative estimate of drug-likeness (QED) is 0.472. The number of nitrogens with zero attached hydrogens (tertiary/aromatic N) is 6. The SMILES string of the molecule is Cc1cc2[nH]c(=O)c3cnn(C4CCOCC4)c3c2cc1C(=O)N1CCN(Cc2nccn2C)CC1. The highest BCUT2D eigenvalue weighted by molar-refractivity contribution is 6.07. The van der Waals surface area contributed by atoms with Gasteiger partial charge in [-0.2, -0.15) is 5.10 Å². The van der Waals surface area contributed by atoms with Gasteiger partial charge in [-0.15, -0.1) is 0 Å². The normalized spacial score (nSPS) is 17.9. The molecule has 0 saturated carbocycles. The molecule has 1 amide bonds. The zero-order valence-corrected chi connectivity index (χ0v) is 20.7. The van der Waals surface area contributed by atoms with E-state index in [9.17, 15) is 9.59 Å². The van der Waals surface area contributed by atoms with Gasteiger partial charge in [0.2, 0.25) is 0 Å². The molecule has 5 heterocycles. The van der Waals surface area contributed by atoms with Crippen LogP contribution in [0.25, 0.3) is 21.8 Å². The number of pyridine rings is 1. The molecule has 6 rings (SSSR count). The first-order valence-electron chi connectivity index (χ1n) is 12.6. The second kappa shape index (κ2) is 9.18. The lowest BCUT2D eigenvalue weighted by Crippen LogP contribution is -2.48. The van der Waals surface area contributed by atoms with Crippen molar-refractivity contribution in [2.45, 2.75) is 32.4 Å². The number of aromatic nitrogens is 5. The first kappa shape index (κ1) is 22.9. The Morgan fingerprint density at radius 3 is 2.64 bits per heavy atom. The zero-order valence-electron chi connectivity index (χ0n) is 20.7. The summed E-state index contributed by atoms with van der Waals surface area (Å²) >= 11 is 0. The Morgan fingerprint density at radius 2 is 1.92 bits per heavy atom. The first-order valence-corrected chi connectivity index (χ1v) is 12.6. The standard InChI is InChI=1S/C26H31N7O3/c1-17-13-22-20(24-21(25(34)29-22)15-28-33(24)18-3-11-36-12-4-18)14-19(17)26(35)32-9-7-31(8-10-32)16-23-27-5-6-30(23)2/h5-6,13-15,18H,3-4,7-12,16H2,1-2H3,(H,29,34). The molecule has 0 aliphatic carbocycles. The Balaban J connectivity index is 1.30. The number of aromatic amines is 1. The van der Waals surface area contributed by atoms with E-state index >= 15 is 0 Å². The number of H-pyrrole nitrogens is 1. The molecule has 1 aromatic carbocycles. The van der Waals surface area contributed by atoms with Crippen molar-refractivity contribution < 1.29 is 9.53 Å². The number of imidazole rings is 1. The highest BCUT2D eigenvalue weighted by Gasteiger charge is 2.26. The number of rotatable bonds is 4. The van der Waals surface area contributed by atoms with Gasteiger partial charge in [-0.05, 0) is 37.5 Å². The van der Waals surface area contributed by atoms with Crippen molar-refractivity contribution in [3.8, 4) is 0 Å². The summed E-state index contributed by atoms with van der Waals surface area (Å²) in [5, 5.41) is 6.01. The minimum Gasteiger partial charge on any atom is -0.381 e. The van der Waals surface area contributed by atoms with Gasteiger partial charge in [0.15, 0.2) is 0 Å². The van der Waals surface area contributed by atoms with E-state index in [0.29, 0.717) is 37.3 Å². The number of nitrogens with one attached hydrogen (secondary N) is 1. The molecule has 2 aliphatic rings. The Labute approximate surface area is 208 Å². The smallest absolute Gasteiger partial charge is 0.259 e. The Kier molecular flexibility index (Phi) is 5.85. The molecule has 36 heavy (non-hydrogen) atoms. The van der Waals surface area contributed by atoms with Crippen LogP contribution in [-0.4, -0.2) is 79.4 Å². The van der Waals surface area contributed by atoms with Crippen molar-refractivity contribution >= 4 is 27.7 Å². The van der Waals surface area contributed by atoms with E-state index in [0.717, 1.165) is 60.3 Å². The van der Waals surface area contributed by atoms with Gasteiger partial charge < -0.3 is 19.2 Å². The molecule has 0 atom stereocenters. The van der Waals surface area contributed by atoms with Gasteiger partial charge in [-0.1, -0.05) is 0 Å². The zero-order chi connectivity index (χ0) is 24.8. The third-order valence-electron chi connectivity index (χ3n) is 7.62. The molecule has 0 spiro atoms. The summed E-state index contributed by atoms with van der Waals surface area (Å²) in [6.45, 7) is 7.02. The number of carbonyl (C=O) groups is 1. The third-order valence-corrected chi connectivity index (χ3v) is 7.62. The second-order valence-corrected chi connectivity index (χ2v) is 9.88. The summed E-state index contributed by atoms with van der Waals surface area (Å²) in [4.78, 5) is 38.1. The van der Waals surface area contributed by atoms with Crippen LogP contribution in [0.3, 0.4) is 0 Å². The molecule has 1 N–H and O–H groups in total. The van der Waals surface area contributed by atoms with Gasteiger partial charge in [-0.25, -0.2) is 4.98 Å². The Bertz CT molecular complexity index is 1490. The lowest BCUT2D eigenvalue weighted by atomic mass is 10.0. The topological polar surface area (TPSA) is 101 Å². The molecule has 0 radical (unpaired) electrons. The minimum atomic E-state index is -0.155. The number of ether oxygens (including phenoxy) is 1. The predicted octanol–water partition coefficient (Wildman–Crippen LogP) is 2.23. The fourth-order valence-corrected chi connectivity index (χ4v) is 5.46. The molecule has 10 nitrogen and oxygen atoms in total. The number of fused-ring (bicyclic) bond motifs is 3. The first-order chi connectivity index (χ1) is 17.5. The van der Waals surface area contributed by atoms with E-state index in [-0.39, 0.29) is 17.5 Å². The van der Waals surface area contributed by atoms with Crippen LogP contribution < -0.4 is 5.56 Å². The number of aryl methyl sites for hydroxylation is 2. The molecule has 2 saturated heterocycles. The van der Waals surface area contributed by atoms with Crippen molar-refractivity contribution in [1.82, 2.24) is 34.1 Å². The maximum absolute atomic E-state index is 13.6. The summed E-state index contributed by atoms with van der Waals surface area (Å²) in [6, 6.07) is 4.04. The lowest BCUT2D eigenvalue weighted by molar-refractivity contribution is 0.0623. The van der Waals surface area contributed by atoms with Crippen LogP contribution in [0, 0.1) is 6.92 Å². The van der Waals surface area contributed by atoms with Crippen molar-refractivity contribution in [3.05, 3.63) is 58.0 Å². The molecule has 10 heteroatoms. The molecule has 0 unspecified atom stereocenters. The average molecular weight is 490 g/mol. The molecule has 2 aliphatic heterocycles. The van der Waals surface area contributed by atoms with Crippen LogP contribution in [0.2, 0.25) is 0 Å². The van der Waals surface area contributed by atoms with Crippen LogP contribution in [-0.2, 0) is 18.3 Å². The number of hydrogen-bond donors (Lipinski definition) is 1. The number of piperazine rings is 1. The number of amides is 1. The van der Waals surface area contributed by atoms with E-state index in [1.807, 2.05) is 52.6 Å². The summed E-state index contributed by atoms with van der Waals surface area (Å²) in [5.74, 6) is 1.06. The summed E-state index contributed by atoms with van der Waals surface area (Å²) in [7, 11) is 2.00. The maximum atomic E-state index is 13.6. The van der Waals surface area contributed by atoms with Gasteiger partial charge in [0.1, 0.15) is 5.82 Å². The molecule has 4 aromatic rings. The summed E-state index contributed by atoms with van der Waals surface area (Å²) < 4.78 is 9.53. The van der Waals surface area contributed by atoms with Gasteiger partial charge >= 0.3 is 0 Å². The molecular formula is C26H31N7O3. The van der Waals surface area contributed by atoms with Crippen molar-refractivity contribution in [1.29, 1.82) is 0 Å². The van der Waals surface area contributed by atoms with Crippen molar-refractivity contribution in [2.24, 2.45) is 7.05 Å². The van der Waals surface area contributed by atoms with Gasteiger partial charge in [0.25, 0.3) is 11.5 Å². The van der Waals surface area contributed by atoms with E-state index in [1.54, 1.807) is 6.20 Å². The number of benzene rings is 1. The van der Waals surface area contributed by atoms with Gasteiger partial charge in [0.05, 0.1) is 35.2 Å². The fraction of sp³-hybridized carbons (Fsp3) is 0.462. The lowest BCUT2D eigenvalue weighted by Gasteiger charge is -2.34. The highest BCUT2D eigenvalue weighted by atomic mass is 16.5. The largest absolute Gasteiger partial charge is 0.381 e. The van der Waals surface area contributed by atoms with E-state index in [4.69, 9.17) is 4.74 Å². The van der Waals surface area contributed by atoms with Crippen LogP contribution in [0.5, 0.6) is 0 Å². The maximum Gasteiger partial charge on any atom is 0.259 e. The highest BCUT2D eigenvalue weighted by Crippen LogP contribution is 2.30. The van der Waals surface area contributed by atoms with Crippen LogP contribution in [0.4, 0.5) is 0 Å². The van der Waals surface area contributed by atoms with Crippen molar-refractivity contribution in [3.63, 3.8) is 0 Å². The summed E-state index contributed by atoms with van der Waals surface area (Å²) in [6.07, 6.45) is 7.12. The van der Waals surface area contributed by atoms with Crippen LogP contribution in [0.15, 0.2) is 35.5 Å². The van der Waals surface area contributed by atoms with Gasteiger partial charge in [-0.3, -0.25) is 19.2 Å². The Hall–Kier alpha value is -3.50. The predicted molar refractivity (Wildman–Crippen MR) is 136 cm³/mol. The monoisotopic (exact) mass is 489 g/mol. The van der Waals surface area contributed by atoms with E-state index < -0.39 is 0 Å². The van der Waals surface area contributed by atoms with Crippen molar-refractivity contribution in [2.75, 3.05) is 39.4 Å². The number of carbonyl (C=O) groups excluding carboxylic acids is 1. The van der Waals surface area contributed by atoms with Crippen LogP contribution >= 0.6 is 0 Å². The number of hydrogen-bond acceptors (Lipinski definition) is 6. The average Bonchev–Trinajstić information content (AvgIpc) is 3.51. The van der Waals surface area contributed by atoms with E-state index in [2.05, 4.69) is 20.0 Å². The van der Waals surface area contributed by atoms with Crippen LogP contribution in [0.1, 0.15) is 40.6 Å². The molecule has 188 valence electrons. The molecular weight excluding hydrogens is 458 g/mol. The van der Waals surface area contributed by atoms with E-state index in [1.165, 1.54) is 0 Å². The molecule has 2 fully saturated rings. The Morgan fingerprint density at radius 1 is 1.14 bits per heavy atom. The second-order valence-electron chi connectivity index (χ2n) is 9.88. The third kappa shape index (κ3) is 4.00. The fourth-order valence-electron chi connectivity index (χ4n) is 5.46. The molecule has 3 aromatic heterocycles. The molecule has 0 bridgehead atoms. The minimum absolute atomic E-state index is 0.0301. The summed E-state index contributed by atoms with van der Waals surface area (Å²) in [5.41, 5.74) is 2.91. The van der Waals surface area contributed by atoms with Gasteiger partial charge in [0, 0.05) is 69.8 Å².